The Kier molecular flexibility index (Phi) is 2.23. The molecule has 0 spiro atoms. The second-order valence-electron chi connectivity index (χ2n) is 4.00. The molecule has 2 aromatic carbocycles. The van der Waals surface area contributed by atoms with Gasteiger partial charge in [-0.05, 0) is 36.4 Å². The molecule has 0 atom stereocenters. The summed E-state index contributed by atoms with van der Waals surface area (Å²) in [6.45, 7) is 0. The molecule has 90 valence electrons. The van der Waals surface area contributed by atoms with Crippen molar-refractivity contribution in [3.05, 3.63) is 48.3 Å². The van der Waals surface area contributed by atoms with Gasteiger partial charge in [-0.3, -0.25) is 0 Å². The van der Waals surface area contributed by atoms with Gasteiger partial charge in [0.2, 0.25) is 0 Å². The van der Waals surface area contributed by atoms with E-state index in [2.05, 4.69) is 0 Å². The number of hydrogen-bond acceptors (Lipinski definition) is 3. The first-order valence-corrected chi connectivity index (χ1v) is 5.35. The zero-order valence-electron chi connectivity index (χ0n) is 9.22. The van der Waals surface area contributed by atoms with Gasteiger partial charge in [-0.25, -0.2) is 4.39 Å². The lowest BCUT2D eigenvalue weighted by atomic mass is 10.1. The molecule has 2 N–H and O–H groups in total. The van der Waals surface area contributed by atoms with E-state index < -0.39 is 5.82 Å². The molecule has 1 heterocycles. The van der Waals surface area contributed by atoms with Crippen LogP contribution >= 0.6 is 0 Å². The third kappa shape index (κ3) is 1.68. The highest BCUT2D eigenvalue weighted by atomic mass is 19.1. The van der Waals surface area contributed by atoms with Crippen molar-refractivity contribution in [3.63, 3.8) is 0 Å². The fraction of sp³-hybridized carbons (Fsp3) is 0. The van der Waals surface area contributed by atoms with E-state index in [-0.39, 0.29) is 17.1 Å². The van der Waals surface area contributed by atoms with Crippen LogP contribution in [-0.4, -0.2) is 10.2 Å². The Morgan fingerprint density at radius 3 is 2.39 bits per heavy atom. The maximum absolute atomic E-state index is 13.7. The van der Waals surface area contributed by atoms with Crippen molar-refractivity contribution in [1.29, 1.82) is 0 Å². The minimum atomic E-state index is -0.557. The third-order valence-corrected chi connectivity index (χ3v) is 2.72. The van der Waals surface area contributed by atoms with Crippen molar-refractivity contribution in [3.8, 4) is 22.8 Å². The normalized spacial score (nSPS) is 10.9. The Morgan fingerprint density at radius 2 is 1.61 bits per heavy atom. The molecular formula is C14H9FO3. The molecular weight excluding hydrogens is 235 g/mol. The molecule has 0 saturated carbocycles. The molecule has 3 nitrogen and oxygen atoms in total. The number of halogens is 1. The van der Waals surface area contributed by atoms with Crippen LogP contribution in [0.25, 0.3) is 22.3 Å². The predicted octanol–water partition coefficient (Wildman–Crippen LogP) is 3.65. The molecule has 0 fully saturated rings. The predicted molar refractivity (Wildman–Crippen MR) is 64.9 cm³/mol. The van der Waals surface area contributed by atoms with E-state index >= 15 is 0 Å². The molecule has 0 saturated heterocycles. The molecule has 1 aromatic heterocycles. The maximum Gasteiger partial charge on any atom is 0.138 e. The Bertz CT molecular complexity index is 731. The average Bonchev–Trinajstić information content (AvgIpc) is 2.71. The van der Waals surface area contributed by atoms with Gasteiger partial charge in [0.15, 0.2) is 0 Å². The van der Waals surface area contributed by atoms with Crippen LogP contribution in [0.3, 0.4) is 0 Å². The number of phenols is 2. The minimum Gasteiger partial charge on any atom is -0.508 e. The van der Waals surface area contributed by atoms with Gasteiger partial charge in [-0.15, -0.1) is 0 Å². The summed E-state index contributed by atoms with van der Waals surface area (Å²) in [6.07, 6.45) is 0. The molecule has 0 amide bonds. The van der Waals surface area contributed by atoms with E-state index in [1.54, 1.807) is 18.2 Å². The number of hydrogen-bond donors (Lipinski definition) is 2. The van der Waals surface area contributed by atoms with Crippen LogP contribution in [0.4, 0.5) is 4.39 Å². The van der Waals surface area contributed by atoms with Crippen LogP contribution in [0.15, 0.2) is 46.9 Å². The highest BCUT2D eigenvalue weighted by Gasteiger charge is 2.11. The van der Waals surface area contributed by atoms with E-state index in [9.17, 15) is 9.50 Å². The van der Waals surface area contributed by atoms with Gasteiger partial charge < -0.3 is 14.6 Å². The van der Waals surface area contributed by atoms with Gasteiger partial charge in [-0.2, -0.15) is 0 Å². The number of furan rings is 1. The van der Waals surface area contributed by atoms with E-state index in [1.165, 1.54) is 18.2 Å². The minimum absolute atomic E-state index is 0.126. The summed E-state index contributed by atoms with van der Waals surface area (Å²) in [5.41, 5.74) is 0.832. The standard InChI is InChI=1S/C14H9FO3/c15-12-7-10(17)1-3-11(12)14-6-8-5-9(16)2-4-13(8)18-14/h1-7,16-17H. The van der Waals surface area contributed by atoms with Gasteiger partial charge in [0.05, 0.1) is 5.56 Å². The van der Waals surface area contributed by atoms with Gasteiger partial charge >= 0.3 is 0 Å². The van der Waals surface area contributed by atoms with E-state index in [0.29, 0.717) is 16.7 Å². The maximum atomic E-state index is 13.7. The molecule has 0 aliphatic carbocycles. The van der Waals surface area contributed by atoms with Crippen LogP contribution in [0.5, 0.6) is 11.5 Å². The molecule has 0 bridgehead atoms. The van der Waals surface area contributed by atoms with Crippen molar-refractivity contribution >= 4 is 11.0 Å². The molecule has 0 aliphatic heterocycles. The van der Waals surface area contributed by atoms with Crippen LogP contribution in [-0.2, 0) is 0 Å². The van der Waals surface area contributed by atoms with Crippen LogP contribution in [0, 0.1) is 5.82 Å². The SMILES string of the molecule is Oc1ccc(-c2cc3cc(O)ccc3o2)c(F)c1. The fourth-order valence-electron chi connectivity index (χ4n) is 1.87. The summed E-state index contributed by atoms with van der Waals surface area (Å²) in [7, 11) is 0. The molecule has 0 radical (unpaired) electrons. The lowest BCUT2D eigenvalue weighted by molar-refractivity contribution is 0.469. The van der Waals surface area contributed by atoms with E-state index in [0.717, 1.165) is 6.07 Å². The number of rotatable bonds is 1. The van der Waals surface area contributed by atoms with Crippen molar-refractivity contribution in [2.24, 2.45) is 0 Å². The smallest absolute Gasteiger partial charge is 0.138 e. The van der Waals surface area contributed by atoms with Crippen molar-refractivity contribution in [2.45, 2.75) is 0 Å². The molecule has 3 aromatic rings. The van der Waals surface area contributed by atoms with Gasteiger partial charge in [-0.1, -0.05) is 0 Å². The lowest BCUT2D eigenvalue weighted by Gasteiger charge is -1.99. The van der Waals surface area contributed by atoms with Crippen LogP contribution in [0.1, 0.15) is 0 Å². The van der Waals surface area contributed by atoms with Crippen LogP contribution < -0.4 is 0 Å². The average molecular weight is 244 g/mol. The first-order valence-electron chi connectivity index (χ1n) is 5.35. The summed E-state index contributed by atoms with van der Waals surface area (Å²) >= 11 is 0. The molecule has 18 heavy (non-hydrogen) atoms. The molecule has 0 aliphatic rings. The summed E-state index contributed by atoms with van der Waals surface area (Å²) < 4.78 is 19.2. The number of phenolic OH excluding ortho intramolecular Hbond substituents is 2. The quantitative estimate of drug-likeness (QED) is 0.687. The van der Waals surface area contributed by atoms with Gasteiger partial charge in [0, 0.05) is 11.5 Å². The molecule has 0 unspecified atom stereocenters. The zero-order valence-corrected chi connectivity index (χ0v) is 9.22. The first-order chi connectivity index (χ1) is 8.63. The number of fused-ring (bicyclic) bond motifs is 1. The fourth-order valence-corrected chi connectivity index (χ4v) is 1.87. The van der Waals surface area contributed by atoms with Crippen LogP contribution in [0.2, 0.25) is 0 Å². The topological polar surface area (TPSA) is 53.6 Å². The second-order valence-corrected chi connectivity index (χ2v) is 4.00. The summed E-state index contributed by atoms with van der Waals surface area (Å²) in [4.78, 5) is 0. The largest absolute Gasteiger partial charge is 0.508 e. The van der Waals surface area contributed by atoms with Gasteiger partial charge in [0.1, 0.15) is 28.7 Å². The molecule has 3 rings (SSSR count). The third-order valence-electron chi connectivity index (χ3n) is 2.72. The second kappa shape index (κ2) is 3.77. The highest BCUT2D eigenvalue weighted by molar-refractivity contribution is 5.84. The Balaban J connectivity index is 2.19. The van der Waals surface area contributed by atoms with E-state index in [1.807, 2.05) is 0 Å². The number of aromatic hydroxyl groups is 2. The zero-order chi connectivity index (χ0) is 12.7. The highest BCUT2D eigenvalue weighted by Crippen LogP contribution is 2.32. The van der Waals surface area contributed by atoms with E-state index in [4.69, 9.17) is 9.52 Å². The Labute approximate surface area is 102 Å². The first kappa shape index (κ1) is 10.7. The van der Waals surface area contributed by atoms with Crippen molar-refractivity contribution in [2.75, 3.05) is 0 Å². The summed E-state index contributed by atoms with van der Waals surface area (Å²) in [5, 5.41) is 19.2. The lowest BCUT2D eigenvalue weighted by Crippen LogP contribution is -1.80. The van der Waals surface area contributed by atoms with Gasteiger partial charge in [0.25, 0.3) is 0 Å². The Morgan fingerprint density at radius 1 is 0.889 bits per heavy atom. The summed E-state index contributed by atoms with van der Waals surface area (Å²) in [6, 6.07) is 10.2. The Hall–Kier alpha value is -2.49. The summed E-state index contributed by atoms with van der Waals surface area (Å²) in [5.74, 6) is -0.211. The monoisotopic (exact) mass is 244 g/mol. The number of benzene rings is 2. The van der Waals surface area contributed by atoms with Crippen molar-refractivity contribution in [1.82, 2.24) is 0 Å². The molecule has 4 heteroatoms. The van der Waals surface area contributed by atoms with Crippen molar-refractivity contribution < 1.29 is 19.0 Å².